The van der Waals surface area contributed by atoms with Crippen molar-refractivity contribution < 1.29 is 9.53 Å². The molecule has 2 rings (SSSR count). The van der Waals surface area contributed by atoms with Gasteiger partial charge in [-0.3, -0.25) is 14.7 Å². The standard InChI is InChI=1S/C21H35N5O2.HI/c1-5-28-19-12-7-6-10-17(19)16-24-21(22-2)23-13-9-15-26-14-8-11-18(26)20(27)25(3)4;/h6-7,10,12,18H,5,8-9,11,13-16H2,1-4H3,(H2,22,23,24);1H. The highest BCUT2D eigenvalue weighted by Gasteiger charge is 2.30. The van der Waals surface area contributed by atoms with Gasteiger partial charge in [-0.1, -0.05) is 18.2 Å². The topological polar surface area (TPSA) is 69.2 Å². The van der Waals surface area contributed by atoms with Gasteiger partial charge < -0.3 is 20.3 Å². The summed E-state index contributed by atoms with van der Waals surface area (Å²) in [6.45, 7) is 6.03. The fourth-order valence-corrected chi connectivity index (χ4v) is 3.51. The zero-order chi connectivity index (χ0) is 20.4. The van der Waals surface area contributed by atoms with Crippen LogP contribution in [0.25, 0.3) is 0 Å². The molecule has 0 bridgehead atoms. The van der Waals surface area contributed by atoms with E-state index in [1.165, 1.54) is 0 Å². The first-order valence-electron chi connectivity index (χ1n) is 10.2. The van der Waals surface area contributed by atoms with Gasteiger partial charge in [0.15, 0.2) is 5.96 Å². The molecule has 0 spiro atoms. The quantitative estimate of drug-likeness (QED) is 0.228. The van der Waals surface area contributed by atoms with Crippen molar-refractivity contribution in [1.82, 2.24) is 20.4 Å². The molecule has 164 valence electrons. The number of hydrogen-bond acceptors (Lipinski definition) is 4. The molecule has 1 amide bonds. The Balaban J connectivity index is 0.00000420. The Labute approximate surface area is 192 Å². The van der Waals surface area contributed by atoms with Gasteiger partial charge in [0.25, 0.3) is 0 Å². The summed E-state index contributed by atoms with van der Waals surface area (Å²) in [6, 6.07) is 8.08. The van der Waals surface area contributed by atoms with E-state index < -0.39 is 0 Å². The van der Waals surface area contributed by atoms with Crippen LogP contribution in [0, 0.1) is 0 Å². The van der Waals surface area contributed by atoms with E-state index in [-0.39, 0.29) is 35.9 Å². The molecule has 1 aliphatic rings. The minimum Gasteiger partial charge on any atom is -0.494 e. The van der Waals surface area contributed by atoms with Gasteiger partial charge in [0.05, 0.1) is 12.6 Å². The van der Waals surface area contributed by atoms with E-state index in [4.69, 9.17) is 4.74 Å². The molecule has 1 atom stereocenters. The van der Waals surface area contributed by atoms with Crippen LogP contribution in [0.1, 0.15) is 31.7 Å². The molecule has 2 N–H and O–H groups in total. The molecule has 0 radical (unpaired) electrons. The van der Waals surface area contributed by atoms with Crippen molar-refractivity contribution in [3.63, 3.8) is 0 Å². The van der Waals surface area contributed by atoms with Gasteiger partial charge >= 0.3 is 0 Å². The van der Waals surface area contributed by atoms with Crippen molar-refractivity contribution in [3.05, 3.63) is 29.8 Å². The Hall–Kier alpha value is -1.55. The molecule has 0 aromatic heterocycles. The van der Waals surface area contributed by atoms with Crippen molar-refractivity contribution in [2.75, 3.05) is 47.4 Å². The summed E-state index contributed by atoms with van der Waals surface area (Å²) < 4.78 is 5.67. The number of nitrogens with zero attached hydrogens (tertiary/aromatic N) is 3. The second-order valence-electron chi connectivity index (χ2n) is 7.17. The number of likely N-dealkylation sites (tertiary alicyclic amines) is 1. The number of carbonyl (C=O) groups is 1. The third-order valence-electron chi connectivity index (χ3n) is 4.95. The van der Waals surface area contributed by atoms with Gasteiger partial charge in [0.1, 0.15) is 5.75 Å². The van der Waals surface area contributed by atoms with Gasteiger partial charge in [-0.15, -0.1) is 24.0 Å². The Morgan fingerprint density at radius 2 is 2.07 bits per heavy atom. The van der Waals surface area contributed by atoms with Crippen LogP contribution in [0.2, 0.25) is 0 Å². The number of guanidine groups is 1. The number of ether oxygens (including phenoxy) is 1. The Bertz CT molecular complexity index is 654. The van der Waals surface area contributed by atoms with E-state index in [9.17, 15) is 4.79 Å². The average Bonchev–Trinajstić information content (AvgIpc) is 3.16. The number of likely N-dealkylation sites (N-methyl/N-ethyl adjacent to an activating group) is 1. The van der Waals surface area contributed by atoms with Crippen LogP contribution in [-0.4, -0.2) is 75.1 Å². The van der Waals surface area contributed by atoms with Crippen LogP contribution in [0.3, 0.4) is 0 Å². The molecular formula is C21H36IN5O2. The monoisotopic (exact) mass is 517 g/mol. The van der Waals surface area contributed by atoms with Crippen LogP contribution >= 0.6 is 24.0 Å². The van der Waals surface area contributed by atoms with Gasteiger partial charge in [-0.05, 0) is 38.8 Å². The highest BCUT2D eigenvalue weighted by Crippen LogP contribution is 2.19. The maximum absolute atomic E-state index is 12.3. The lowest BCUT2D eigenvalue weighted by atomic mass is 10.2. The maximum Gasteiger partial charge on any atom is 0.239 e. The van der Waals surface area contributed by atoms with E-state index in [0.717, 1.165) is 56.2 Å². The number of rotatable bonds is 9. The van der Waals surface area contributed by atoms with Crippen molar-refractivity contribution >= 4 is 35.8 Å². The number of amides is 1. The highest BCUT2D eigenvalue weighted by molar-refractivity contribution is 14.0. The number of nitrogens with one attached hydrogen (secondary N) is 2. The summed E-state index contributed by atoms with van der Waals surface area (Å²) in [7, 11) is 5.44. The summed E-state index contributed by atoms with van der Waals surface area (Å²) in [5, 5.41) is 6.70. The normalized spacial score (nSPS) is 16.8. The number of carbonyl (C=O) groups excluding carboxylic acids is 1. The van der Waals surface area contributed by atoms with Crippen LogP contribution in [0.4, 0.5) is 0 Å². The van der Waals surface area contributed by atoms with Crippen molar-refractivity contribution in [1.29, 1.82) is 0 Å². The minimum absolute atomic E-state index is 0. The zero-order valence-corrected chi connectivity index (χ0v) is 20.4. The summed E-state index contributed by atoms with van der Waals surface area (Å²) in [5.41, 5.74) is 1.11. The SMILES string of the molecule is CCOc1ccccc1CNC(=NC)NCCCN1CCCC1C(=O)N(C)C.I. The molecule has 8 heteroatoms. The molecule has 0 aliphatic carbocycles. The lowest BCUT2D eigenvalue weighted by Gasteiger charge is -2.26. The van der Waals surface area contributed by atoms with Crippen LogP contribution in [-0.2, 0) is 11.3 Å². The van der Waals surface area contributed by atoms with Crippen LogP contribution in [0.15, 0.2) is 29.3 Å². The van der Waals surface area contributed by atoms with E-state index >= 15 is 0 Å². The van der Waals surface area contributed by atoms with E-state index in [0.29, 0.717) is 13.2 Å². The number of benzene rings is 1. The predicted molar refractivity (Wildman–Crippen MR) is 129 cm³/mol. The molecule has 29 heavy (non-hydrogen) atoms. The molecule has 1 aromatic rings. The number of halogens is 1. The Morgan fingerprint density at radius 1 is 1.31 bits per heavy atom. The van der Waals surface area contributed by atoms with E-state index in [1.807, 2.05) is 39.2 Å². The number of para-hydroxylation sites is 1. The highest BCUT2D eigenvalue weighted by atomic mass is 127. The molecule has 1 saturated heterocycles. The molecule has 1 heterocycles. The van der Waals surface area contributed by atoms with Gasteiger partial charge in [-0.2, -0.15) is 0 Å². The predicted octanol–water partition coefficient (Wildman–Crippen LogP) is 2.31. The second-order valence-corrected chi connectivity index (χ2v) is 7.17. The molecule has 1 fully saturated rings. The Kier molecular flexibility index (Phi) is 12.0. The first-order valence-corrected chi connectivity index (χ1v) is 10.2. The minimum atomic E-state index is 0. The molecule has 0 saturated carbocycles. The molecule has 1 aliphatic heterocycles. The van der Waals surface area contributed by atoms with Gasteiger partial charge in [0.2, 0.25) is 5.91 Å². The Morgan fingerprint density at radius 3 is 2.76 bits per heavy atom. The van der Waals surface area contributed by atoms with Gasteiger partial charge in [0, 0.05) is 46.3 Å². The lowest BCUT2D eigenvalue weighted by Crippen LogP contribution is -2.44. The summed E-state index contributed by atoms with van der Waals surface area (Å²) >= 11 is 0. The third-order valence-corrected chi connectivity index (χ3v) is 4.95. The first kappa shape index (κ1) is 25.5. The molecule has 7 nitrogen and oxygen atoms in total. The van der Waals surface area contributed by atoms with Crippen LogP contribution < -0.4 is 15.4 Å². The van der Waals surface area contributed by atoms with Crippen LogP contribution in [0.5, 0.6) is 5.75 Å². The molecular weight excluding hydrogens is 481 g/mol. The summed E-state index contributed by atoms with van der Waals surface area (Å²) in [4.78, 5) is 20.6. The van der Waals surface area contributed by atoms with E-state index in [1.54, 1.807) is 11.9 Å². The smallest absolute Gasteiger partial charge is 0.239 e. The number of aliphatic imine (C=N–C) groups is 1. The van der Waals surface area contributed by atoms with Crippen molar-refractivity contribution in [2.24, 2.45) is 4.99 Å². The average molecular weight is 517 g/mol. The maximum atomic E-state index is 12.3. The second kappa shape index (κ2) is 13.6. The lowest BCUT2D eigenvalue weighted by molar-refractivity contribution is -0.133. The third kappa shape index (κ3) is 8.00. The summed E-state index contributed by atoms with van der Waals surface area (Å²) in [5.74, 6) is 1.89. The van der Waals surface area contributed by atoms with Crippen molar-refractivity contribution in [3.8, 4) is 5.75 Å². The van der Waals surface area contributed by atoms with Gasteiger partial charge in [-0.25, -0.2) is 0 Å². The fourth-order valence-electron chi connectivity index (χ4n) is 3.51. The fraction of sp³-hybridized carbons (Fsp3) is 0.619. The van der Waals surface area contributed by atoms with Crippen molar-refractivity contribution in [2.45, 2.75) is 38.8 Å². The molecule has 1 unspecified atom stereocenters. The first-order chi connectivity index (χ1) is 13.6. The number of hydrogen-bond donors (Lipinski definition) is 2. The van der Waals surface area contributed by atoms with E-state index in [2.05, 4.69) is 26.6 Å². The molecule has 1 aromatic carbocycles. The summed E-state index contributed by atoms with van der Waals surface area (Å²) in [6.07, 6.45) is 3.03. The largest absolute Gasteiger partial charge is 0.494 e. The zero-order valence-electron chi connectivity index (χ0n) is 18.1.